The summed E-state index contributed by atoms with van der Waals surface area (Å²) >= 11 is 0. The van der Waals surface area contributed by atoms with Gasteiger partial charge in [0.2, 0.25) is 0 Å². The molecular formula is C17H19N5. The lowest BCUT2D eigenvalue weighted by molar-refractivity contribution is 0.685. The highest BCUT2D eigenvalue weighted by molar-refractivity contribution is 5.66. The number of anilines is 1. The molecule has 0 aliphatic heterocycles. The van der Waals surface area contributed by atoms with Crippen molar-refractivity contribution in [3.05, 3.63) is 48.2 Å². The van der Waals surface area contributed by atoms with Gasteiger partial charge < -0.3 is 5.43 Å². The summed E-state index contributed by atoms with van der Waals surface area (Å²) in [5.74, 6) is 7.01. The summed E-state index contributed by atoms with van der Waals surface area (Å²) in [7, 11) is 0. The molecule has 2 heterocycles. The Hall–Kier alpha value is -2.40. The standard InChI is InChI=1S/C17H19N5/c18-20-17-10-14(12-6-2-1-3-7-12)19-16-11-15(21-22(16)17)13-8-4-5-9-13/h1-3,6-7,10-11,13,20H,4-5,8-9,18H2. The highest BCUT2D eigenvalue weighted by Gasteiger charge is 2.21. The monoisotopic (exact) mass is 293 g/mol. The van der Waals surface area contributed by atoms with E-state index in [4.69, 9.17) is 15.9 Å². The minimum atomic E-state index is 0.562. The molecule has 0 spiro atoms. The van der Waals surface area contributed by atoms with Crippen LogP contribution in [0.2, 0.25) is 0 Å². The van der Waals surface area contributed by atoms with Gasteiger partial charge >= 0.3 is 0 Å². The van der Waals surface area contributed by atoms with E-state index in [9.17, 15) is 0 Å². The van der Waals surface area contributed by atoms with E-state index in [1.165, 1.54) is 25.7 Å². The molecule has 0 unspecified atom stereocenters. The van der Waals surface area contributed by atoms with Crippen molar-refractivity contribution in [3.63, 3.8) is 0 Å². The summed E-state index contributed by atoms with van der Waals surface area (Å²) in [5.41, 5.74) is 6.70. The normalized spacial score (nSPS) is 15.5. The Bertz CT molecular complexity index is 787. The SMILES string of the molecule is NNc1cc(-c2ccccc2)nc2cc(C3CCCC3)nn12. The summed E-state index contributed by atoms with van der Waals surface area (Å²) in [6, 6.07) is 14.2. The Morgan fingerprint density at radius 3 is 2.59 bits per heavy atom. The van der Waals surface area contributed by atoms with Crippen molar-refractivity contribution in [1.82, 2.24) is 14.6 Å². The second-order valence-electron chi connectivity index (χ2n) is 5.86. The molecule has 1 saturated carbocycles. The third-order valence-corrected chi connectivity index (χ3v) is 4.44. The van der Waals surface area contributed by atoms with E-state index in [-0.39, 0.29) is 0 Å². The number of hydrogen-bond donors (Lipinski definition) is 2. The predicted molar refractivity (Wildman–Crippen MR) is 87.4 cm³/mol. The molecule has 1 aliphatic carbocycles. The molecule has 0 atom stereocenters. The van der Waals surface area contributed by atoms with Crippen molar-refractivity contribution in [3.8, 4) is 11.3 Å². The first kappa shape index (κ1) is 13.3. The topological polar surface area (TPSA) is 68.2 Å². The largest absolute Gasteiger partial charge is 0.308 e. The zero-order valence-corrected chi connectivity index (χ0v) is 12.4. The zero-order chi connectivity index (χ0) is 14.9. The van der Waals surface area contributed by atoms with E-state index >= 15 is 0 Å². The molecule has 5 nitrogen and oxygen atoms in total. The van der Waals surface area contributed by atoms with Gasteiger partial charge in [0.15, 0.2) is 5.65 Å². The molecular weight excluding hydrogens is 274 g/mol. The Balaban J connectivity index is 1.84. The quantitative estimate of drug-likeness (QED) is 0.574. The summed E-state index contributed by atoms with van der Waals surface area (Å²) in [4.78, 5) is 4.75. The number of nitrogens with two attached hydrogens (primary N) is 1. The van der Waals surface area contributed by atoms with Crippen LogP contribution in [-0.4, -0.2) is 14.6 Å². The Labute approximate surface area is 129 Å². The van der Waals surface area contributed by atoms with Crippen molar-refractivity contribution < 1.29 is 0 Å². The van der Waals surface area contributed by atoms with E-state index in [1.807, 2.05) is 36.4 Å². The zero-order valence-electron chi connectivity index (χ0n) is 12.4. The third kappa shape index (κ3) is 2.23. The van der Waals surface area contributed by atoms with Crippen molar-refractivity contribution in [2.24, 2.45) is 5.84 Å². The summed E-state index contributed by atoms with van der Waals surface area (Å²) in [5, 5.41) is 4.71. The maximum atomic E-state index is 5.69. The second-order valence-corrected chi connectivity index (χ2v) is 5.86. The number of nitrogens with zero attached hydrogens (tertiary/aromatic N) is 3. The number of fused-ring (bicyclic) bond motifs is 1. The van der Waals surface area contributed by atoms with Crippen LogP contribution in [0.1, 0.15) is 37.3 Å². The van der Waals surface area contributed by atoms with Gasteiger partial charge in [0.1, 0.15) is 5.82 Å². The first-order valence-electron chi connectivity index (χ1n) is 7.78. The molecule has 112 valence electrons. The number of rotatable bonds is 3. The van der Waals surface area contributed by atoms with Gasteiger partial charge in [0.25, 0.3) is 0 Å². The Morgan fingerprint density at radius 2 is 1.86 bits per heavy atom. The molecule has 0 radical (unpaired) electrons. The van der Waals surface area contributed by atoms with Gasteiger partial charge in [-0.1, -0.05) is 43.2 Å². The second kappa shape index (κ2) is 5.42. The molecule has 0 amide bonds. The fourth-order valence-electron chi connectivity index (χ4n) is 3.27. The average molecular weight is 293 g/mol. The minimum Gasteiger partial charge on any atom is -0.308 e. The van der Waals surface area contributed by atoms with E-state index < -0.39 is 0 Å². The van der Waals surface area contributed by atoms with Crippen LogP contribution in [-0.2, 0) is 0 Å². The first-order chi connectivity index (χ1) is 10.8. The molecule has 4 rings (SSSR count). The van der Waals surface area contributed by atoms with Crippen LogP contribution < -0.4 is 11.3 Å². The van der Waals surface area contributed by atoms with Gasteiger partial charge in [-0.05, 0) is 12.8 Å². The van der Waals surface area contributed by atoms with Gasteiger partial charge in [-0.3, -0.25) is 0 Å². The maximum absolute atomic E-state index is 5.69. The van der Waals surface area contributed by atoms with Gasteiger partial charge in [-0.25, -0.2) is 10.8 Å². The molecule has 22 heavy (non-hydrogen) atoms. The maximum Gasteiger partial charge on any atom is 0.158 e. The van der Waals surface area contributed by atoms with Crippen LogP contribution in [0.3, 0.4) is 0 Å². The average Bonchev–Trinajstić information content (AvgIpc) is 3.23. The van der Waals surface area contributed by atoms with Gasteiger partial charge in [-0.15, -0.1) is 0 Å². The summed E-state index contributed by atoms with van der Waals surface area (Å²) in [6.45, 7) is 0. The number of nitrogen functional groups attached to an aromatic ring is 1. The van der Waals surface area contributed by atoms with E-state index in [0.29, 0.717) is 5.92 Å². The lowest BCUT2D eigenvalue weighted by Crippen LogP contribution is -2.12. The van der Waals surface area contributed by atoms with E-state index in [0.717, 1.165) is 28.4 Å². The minimum absolute atomic E-state index is 0.562. The fraction of sp³-hybridized carbons (Fsp3) is 0.294. The molecule has 0 saturated heterocycles. The number of benzene rings is 1. The molecule has 3 aromatic rings. The molecule has 5 heteroatoms. The number of hydrazine groups is 1. The fourth-order valence-corrected chi connectivity index (χ4v) is 3.27. The lowest BCUT2D eigenvalue weighted by Gasteiger charge is -2.07. The van der Waals surface area contributed by atoms with Crippen LogP contribution in [0.25, 0.3) is 16.9 Å². The molecule has 1 aliphatic rings. The Morgan fingerprint density at radius 1 is 1.09 bits per heavy atom. The molecule has 0 bridgehead atoms. The Kier molecular flexibility index (Phi) is 3.27. The molecule has 3 N–H and O–H groups in total. The van der Waals surface area contributed by atoms with Crippen LogP contribution in [0.15, 0.2) is 42.5 Å². The summed E-state index contributed by atoms with van der Waals surface area (Å²) in [6.07, 6.45) is 5.04. The lowest BCUT2D eigenvalue weighted by atomic mass is 10.1. The highest BCUT2D eigenvalue weighted by atomic mass is 15.4. The van der Waals surface area contributed by atoms with Crippen molar-refractivity contribution in [1.29, 1.82) is 0 Å². The van der Waals surface area contributed by atoms with E-state index in [1.54, 1.807) is 4.52 Å². The smallest absolute Gasteiger partial charge is 0.158 e. The van der Waals surface area contributed by atoms with Crippen LogP contribution in [0.4, 0.5) is 5.82 Å². The highest BCUT2D eigenvalue weighted by Crippen LogP contribution is 2.34. The van der Waals surface area contributed by atoms with Crippen molar-refractivity contribution in [2.75, 3.05) is 5.43 Å². The molecule has 1 fully saturated rings. The van der Waals surface area contributed by atoms with E-state index in [2.05, 4.69) is 11.5 Å². The van der Waals surface area contributed by atoms with Crippen LogP contribution in [0, 0.1) is 0 Å². The third-order valence-electron chi connectivity index (χ3n) is 4.44. The first-order valence-corrected chi connectivity index (χ1v) is 7.78. The van der Waals surface area contributed by atoms with Gasteiger partial charge in [0, 0.05) is 23.6 Å². The number of aromatic nitrogens is 3. The summed E-state index contributed by atoms with van der Waals surface area (Å²) < 4.78 is 1.81. The van der Waals surface area contributed by atoms with Crippen LogP contribution in [0.5, 0.6) is 0 Å². The van der Waals surface area contributed by atoms with Gasteiger partial charge in [0.05, 0.1) is 11.4 Å². The van der Waals surface area contributed by atoms with Crippen molar-refractivity contribution in [2.45, 2.75) is 31.6 Å². The number of nitrogens with one attached hydrogen (secondary N) is 1. The molecule has 2 aromatic heterocycles. The number of hydrogen-bond acceptors (Lipinski definition) is 4. The molecule has 1 aromatic carbocycles. The van der Waals surface area contributed by atoms with Crippen molar-refractivity contribution >= 4 is 11.5 Å². The van der Waals surface area contributed by atoms with Crippen LogP contribution >= 0.6 is 0 Å². The van der Waals surface area contributed by atoms with Gasteiger partial charge in [-0.2, -0.15) is 9.61 Å². The predicted octanol–water partition coefficient (Wildman–Crippen LogP) is 3.34.